The van der Waals surface area contributed by atoms with Crippen molar-refractivity contribution in [1.82, 2.24) is 0 Å². The minimum Gasteiger partial charge on any atom is -0.485 e. The van der Waals surface area contributed by atoms with Crippen LogP contribution in [0.2, 0.25) is 0 Å². The molecule has 0 amide bonds. The van der Waals surface area contributed by atoms with Crippen LogP contribution < -0.4 is 18.9 Å². The van der Waals surface area contributed by atoms with Gasteiger partial charge in [0.05, 0.1) is 29.3 Å². The van der Waals surface area contributed by atoms with Gasteiger partial charge in [0.1, 0.15) is 26.4 Å². The standard InChI is InChI=1S/C32H38O4S4/c1-3-5-7-9-11-21-13-19-37-27(21)29-23-25(35-17-15-33-23)31(39-29)32-26-24(34-16-18-36-26)30(40-32)28-22(14-20-38-28)12-10-8-6-4-2/h13-14,19-20H,3-12,15-18H2,1-2H3. The zero-order chi connectivity index (χ0) is 27.3. The van der Waals surface area contributed by atoms with Crippen molar-refractivity contribution in [3.8, 4) is 52.3 Å². The topological polar surface area (TPSA) is 36.9 Å². The summed E-state index contributed by atoms with van der Waals surface area (Å²) in [5.41, 5.74) is 2.84. The maximum atomic E-state index is 6.33. The van der Waals surface area contributed by atoms with E-state index >= 15 is 0 Å². The third-order valence-electron chi connectivity index (χ3n) is 7.51. The highest BCUT2D eigenvalue weighted by molar-refractivity contribution is 7.29. The van der Waals surface area contributed by atoms with E-state index in [4.69, 9.17) is 18.9 Å². The fourth-order valence-electron chi connectivity index (χ4n) is 5.45. The molecule has 8 heteroatoms. The summed E-state index contributed by atoms with van der Waals surface area (Å²) in [5.74, 6) is 3.54. The Balaban J connectivity index is 1.38. The van der Waals surface area contributed by atoms with Crippen molar-refractivity contribution in [3.63, 3.8) is 0 Å². The Morgan fingerprint density at radius 3 is 1.25 bits per heavy atom. The average molecular weight is 615 g/mol. The van der Waals surface area contributed by atoms with E-state index in [0.29, 0.717) is 26.4 Å². The summed E-state index contributed by atoms with van der Waals surface area (Å²) in [4.78, 5) is 7.25. The Hall–Kier alpha value is -2.00. The molecule has 4 nitrogen and oxygen atoms in total. The van der Waals surface area contributed by atoms with Gasteiger partial charge in [-0.3, -0.25) is 0 Å². The Morgan fingerprint density at radius 1 is 0.500 bits per heavy atom. The number of unbranched alkanes of at least 4 members (excludes halogenated alkanes) is 6. The van der Waals surface area contributed by atoms with Gasteiger partial charge in [-0.25, -0.2) is 0 Å². The molecule has 2 aliphatic heterocycles. The highest BCUT2D eigenvalue weighted by Gasteiger charge is 2.34. The van der Waals surface area contributed by atoms with Crippen LogP contribution in [0.5, 0.6) is 23.0 Å². The lowest BCUT2D eigenvalue weighted by atomic mass is 10.1. The average Bonchev–Trinajstić information content (AvgIpc) is 3.78. The molecule has 4 aromatic rings. The van der Waals surface area contributed by atoms with Crippen molar-refractivity contribution >= 4 is 45.3 Å². The van der Waals surface area contributed by atoms with Crippen LogP contribution >= 0.6 is 45.3 Å². The van der Waals surface area contributed by atoms with Crippen LogP contribution in [0.3, 0.4) is 0 Å². The Morgan fingerprint density at radius 2 is 0.875 bits per heavy atom. The van der Waals surface area contributed by atoms with E-state index in [9.17, 15) is 0 Å². The molecule has 214 valence electrons. The number of hydrogen-bond acceptors (Lipinski definition) is 8. The second-order valence-electron chi connectivity index (χ2n) is 10.4. The molecule has 0 N–H and O–H groups in total. The first-order valence-electron chi connectivity index (χ1n) is 14.8. The molecule has 2 aliphatic rings. The second-order valence-corrected chi connectivity index (χ2v) is 14.3. The molecule has 0 unspecified atom stereocenters. The van der Waals surface area contributed by atoms with E-state index in [2.05, 4.69) is 36.7 Å². The largest absolute Gasteiger partial charge is 0.485 e. The lowest BCUT2D eigenvalue weighted by Crippen LogP contribution is -2.15. The lowest BCUT2D eigenvalue weighted by molar-refractivity contribution is 0.172. The molecule has 0 aliphatic carbocycles. The SMILES string of the molecule is CCCCCCc1ccsc1-c1sc(-c2sc(-c3sccc3CCCCCC)c3c2OCCO3)c2c1OCCO2. The fourth-order valence-corrected chi connectivity index (χ4v) is 10.2. The molecule has 0 radical (unpaired) electrons. The first kappa shape index (κ1) is 28.1. The predicted octanol–water partition coefficient (Wildman–Crippen LogP) is 10.7. The van der Waals surface area contributed by atoms with Crippen molar-refractivity contribution in [1.29, 1.82) is 0 Å². The summed E-state index contributed by atoms with van der Waals surface area (Å²) in [6.45, 7) is 6.82. The van der Waals surface area contributed by atoms with E-state index in [1.165, 1.54) is 82.0 Å². The Kier molecular flexibility index (Phi) is 9.37. The number of rotatable bonds is 13. The Labute approximate surface area is 253 Å². The van der Waals surface area contributed by atoms with Gasteiger partial charge in [0.15, 0.2) is 23.0 Å². The molecule has 0 spiro atoms. The van der Waals surface area contributed by atoms with Crippen LogP contribution in [-0.4, -0.2) is 26.4 Å². The second kappa shape index (κ2) is 13.3. The third kappa shape index (κ3) is 5.69. The molecule has 0 fully saturated rings. The molecule has 6 rings (SSSR count). The van der Waals surface area contributed by atoms with Gasteiger partial charge in [0.2, 0.25) is 0 Å². The van der Waals surface area contributed by atoms with Gasteiger partial charge in [0, 0.05) is 0 Å². The monoisotopic (exact) mass is 614 g/mol. The van der Waals surface area contributed by atoms with Gasteiger partial charge in [-0.1, -0.05) is 52.4 Å². The Bertz CT molecular complexity index is 1300. The van der Waals surface area contributed by atoms with E-state index in [1.54, 1.807) is 22.7 Å². The van der Waals surface area contributed by atoms with Gasteiger partial charge in [-0.15, -0.1) is 45.3 Å². The van der Waals surface area contributed by atoms with Crippen LogP contribution in [0.15, 0.2) is 22.9 Å². The predicted molar refractivity (Wildman–Crippen MR) is 172 cm³/mol. The molecular weight excluding hydrogens is 577 g/mol. The molecule has 6 heterocycles. The highest BCUT2D eigenvalue weighted by Crippen LogP contribution is 2.62. The van der Waals surface area contributed by atoms with Gasteiger partial charge in [0.25, 0.3) is 0 Å². The quantitative estimate of drug-likeness (QED) is 0.140. The first-order chi connectivity index (χ1) is 19.8. The molecule has 4 aromatic heterocycles. The van der Waals surface area contributed by atoms with Gasteiger partial charge < -0.3 is 18.9 Å². The summed E-state index contributed by atoms with van der Waals surface area (Å²) in [7, 11) is 0. The smallest absolute Gasteiger partial charge is 0.181 e. The van der Waals surface area contributed by atoms with Gasteiger partial charge in [-0.05, 0) is 59.7 Å². The molecule has 0 aromatic carbocycles. The first-order valence-corrected chi connectivity index (χ1v) is 18.2. The van der Waals surface area contributed by atoms with E-state index in [1.807, 2.05) is 22.7 Å². The maximum absolute atomic E-state index is 6.33. The van der Waals surface area contributed by atoms with Crippen molar-refractivity contribution in [2.75, 3.05) is 26.4 Å². The van der Waals surface area contributed by atoms with Crippen LogP contribution in [0.4, 0.5) is 0 Å². The third-order valence-corrected chi connectivity index (χ3v) is 12.2. The minimum atomic E-state index is 0.565. The van der Waals surface area contributed by atoms with Crippen molar-refractivity contribution in [3.05, 3.63) is 34.0 Å². The zero-order valence-electron chi connectivity index (χ0n) is 23.5. The van der Waals surface area contributed by atoms with Crippen LogP contribution in [0.1, 0.15) is 76.3 Å². The van der Waals surface area contributed by atoms with Gasteiger partial charge >= 0.3 is 0 Å². The summed E-state index contributed by atoms with van der Waals surface area (Å²) in [6.07, 6.45) is 12.3. The van der Waals surface area contributed by atoms with Crippen LogP contribution in [0.25, 0.3) is 29.3 Å². The minimum absolute atomic E-state index is 0.565. The molecule has 0 saturated carbocycles. The normalized spacial score (nSPS) is 14.2. The molecule has 40 heavy (non-hydrogen) atoms. The lowest BCUT2D eigenvalue weighted by Gasteiger charge is -2.19. The number of ether oxygens (including phenoxy) is 4. The fraction of sp³-hybridized carbons (Fsp3) is 0.500. The van der Waals surface area contributed by atoms with Crippen molar-refractivity contribution in [2.24, 2.45) is 0 Å². The summed E-state index contributed by atoms with van der Waals surface area (Å²) >= 11 is 7.21. The number of aryl methyl sites for hydroxylation is 2. The molecular formula is C32H38O4S4. The summed E-state index contributed by atoms with van der Waals surface area (Å²) in [5, 5.41) is 4.45. The van der Waals surface area contributed by atoms with E-state index in [0.717, 1.165) is 45.6 Å². The van der Waals surface area contributed by atoms with Gasteiger partial charge in [-0.2, -0.15) is 0 Å². The zero-order valence-corrected chi connectivity index (χ0v) is 26.7. The summed E-state index contributed by atoms with van der Waals surface area (Å²) in [6, 6.07) is 4.59. The molecule has 0 bridgehead atoms. The number of hydrogen-bond donors (Lipinski definition) is 0. The molecule has 0 atom stereocenters. The van der Waals surface area contributed by atoms with E-state index < -0.39 is 0 Å². The maximum Gasteiger partial charge on any atom is 0.181 e. The van der Waals surface area contributed by atoms with Crippen molar-refractivity contribution < 1.29 is 18.9 Å². The highest BCUT2D eigenvalue weighted by atomic mass is 32.1. The van der Waals surface area contributed by atoms with Crippen LogP contribution in [-0.2, 0) is 12.8 Å². The number of fused-ring (bicyclic) bond motifs is 2. The van der Waals surface area contributed by atoms with Crippen LogP contribution in [0, 0.1) is 0 Å². The molecule has 0 saturated heterocycles. The number of thiophene rings is 4. The van der Waals surface area contributed by atoms with E-state index in [-0.39, 0.29) is 0 Å². The van der Waals surface area contributed by atoms with Crippen molar-refractivity contribution in [2.45, 2.75) is 78.1 Å². The summed E-state index contributed by atoms with van der Waals surface area (Å²) < 4.78 is 25.3.